The van der Waals surface area contributed by atoms with Crippen LogP contribution >= 0.6 is 22.6 Å². The number of carbonyl (C=O) groups excluding carboxylic acids is 1. The molecule has 0 bridgehead atoms. The van der Waals surface area contributed by atoms with Gasteiger partial charge in [-0.1, -0.05) is 20.8 Å². The first-order chi connectivity index (χ1) is 8.35. The highest BCUT2D eigenvalue weighted by molar-refractivity contribution is 14.1. The van der Waals surface area contributed by atoms with Gasteiger partial charge in [0.05, 0.1) is 17.3 Å². The third-order valence-electron chi connectivity index (χ3n) is 3.01. The Morgan fingerprint density at radius 2 is 2.06 bits per heavy atom. The first-order valence-corrected chi connectivity index (χ1v) is 7.27. The molecule has 1 heterocycles. The second kappa shape index (κ2) is 5.07. The van der Waals surface area contributed by atoms with Gasteiger partial charge in [-0.3, -0.25) is 4.79 Å². The van der Waals surface area contributed by atoms with Crippen LogP contribution in [-0.2, 0) is 4.79 Å². The van der Waals surface area contributed by atoms with Crippen LogP contribution in [0.4, 0.5) is 11.4 Å². The minimum atomic E-state index is 0.0232. The SMILES string of the molecule is CC(C)(C)CC1CNc2ccc(I)cc2NC1=O. The van der Waals surface area contributed by atoms with Crippen molar-refractivity contribution in [3.63, 3.8) is 0 Å². The van der Waals surface area contributed by atoms with Crippen molar-refractivity contribution in [1.82, 2.24) is 0 Å². The maximum Gasteiger partial charge on any atom is 0.229 e. The molecule has 0 aromatic heterocycles. The Kier molecular flexibility index (Phi) is 3.84. The molecule has 18 heavy (non-hydrogen) atoms. The maximum absolute atomic E-state index is 12.2. The number of amides is 1. The van der Waals surface area contributed by atoms with Crippen LogP contribution in [0.5, 0.6) is 0 Å². The maximum atomic E-state index is 12.2. The summed E-state index contributed by atoms with van der Waals surface area (Å²) in [5.41, 5.74) is 2.07. The minimum absolute atomic E-state index is 0.0232. The fraction of sp³-hybridized carbons (Fsp3) is 0.500. The Morgan fingerprint density at radius 1 is 1.33 bits per heavy atom. The third-order valence-corrected chi connectivity index (χ3v) is 3.68. The molecule has 0 saturated carbocycles. The van der Waals surface area contributed by atoms with Crippen molar-refractivity contribution in [2.75, 3.05) is 17.2 Å². The summed E-state index contributed by atoms with van der Waals surface area (Å²) < 4.78 is 1.13. The number of hydrogen-bond acceptors (Lipinski definition) is 2. The molecule has 1 amide bonds. The number of rotatable bonds is 1. The number of carbonyl (C=O) groups is 1. The molecule has 4 heteroatoms. The normalized spacial score (nSPS) is 19.6. The molecule has 3 nitrogen and oxygen atoms in total. The summed E-state index contributed by atoms with van der Waals surface area (Å²) in [7, 11) is 0. The molecule has 98 valence electrons. The first kappa shape index (κ1) is 13.6. The first-order valence-electron chi connectivity index (χ1n) is 6.19. The molecule has 1 unspecified atom stereocenters. The molecule has 1 atom stereocenters. The highest BCUT2D eigenvalue weighted by atomic mass is 127. The van der Waals surface area contributed by atoms with Gasteiger partial charge in [0.2, 0.25) is 5.91 Å². The lowest BCUT2D eigenvalue weighted by molar-refractivity contribution is -0.120. The smallest absolute Gasteiger partial charge is 0.229 e. The topological polar surface area (TPSA) is 41.1 Å². The summed E-state index contributed by atoms with van der Waals surface area (Å²) in [6.07, 6.45) is 0.886. The van der Waals surface area contributed by atoms with Crippen molar-refractivity contribution in [2.24, 2.45) is 11.3 Å². The molecule has 2 rings (SSSR count). The fourth-order valence-corrected chi connectivity index (χ4v) is 2.73. The van der Waals surface area contributed by atoms with E-state index in [2.05, 4.69) is 54.0 Å². The van der Waals surface area contributed by atoms with Crippen molar-refractivity contribution in [1.29, 1.82) is 0 Å². The molecular formula is C14H19IN2O. The summed E-state index contributed by atoms with van der Waals surface area (Å²) in [5, 5.41) is 6.40. The van der Waals surface area contributed by atoms with E-state index in [9.17, 15) is 4.79 Å². The summed E-state index contributed by atoms with van der Waals surface area (Å²) in [6, 6.07) is 6.07. The van der Waals surface area contributed by atoms with Gasteiger partial charge in [0.15, 0.2) is 0 Å². The second-order valence-electron chi connectivity index (χ2n) is 6.02. The summed E-state index contributed by atoms with van der Waals surface area (Å²) >= 11 is 2.25. The highest BCUT2D eigenvalue weighted by Gasteiger charge is 2.27. The van der Waals surface area contributed by atoms with Crippen molar-refractivity contribution < 1.29 is 4.79 Å². The van der Waals surface area contributed by atoms with Crippen LogP contribution in [0.25, 0.3) is 0 Å². The molecule has 0 saturated heterocycles. The summed E-state index contributed by atoms with van der Waals surface area (Å²) in [6.45, 7) is 7.21. The Hall–Kier alpha value is -0.780. The van der Waals surface area contributed by atoms with Crippen LogP contribution in [0.2, 0.25) is 0 Å². The molecule has 1 aromatic carbocycles. The van der Waals surface area contributed by atoms with Crippen molar-refractivity contribution in [2.45, 2.75) is 27.2 Å². The Balaban J connectivity index is 2.19. The molecule has 0 radical (unpaired) electrons. The number of hydrogen-bond donors (Lipinski definition) is 2. The van der Waals surface area contributed by atoms with Gasteiger partial charge in [-0.15, -0.1) is 0 Å². The van der Waals surface area contributed by atoms with E-state index in [0.29, 0.717) is 6.54 Å². The van der Waals surface area contributed by atoms with E-state index >= 15 is 0 Å². The van der Waals surface area contributed by atoms with E-state index < -0.39 is 0 Å². The highest BCUT2D eigenvalue weighted by Crippen LogP contribution is 2.31. The van der Waals surface area contributed by atoms with Crippen LogP contribution in [0.3, 0.4) is 0 Å². The van der Waals surface area contributed by atoms with Gasteiger partial charge in [-0.25, -0.2) is 0 Å². The lowest BCUT2D eigenvalue weighted by Gasteiger charge is -2.23. The van der Waals surface area contributed by atoms with Crippen LogP contribution < -0.4 is 10.6 Å². The zero-order valence-electron chi connectivity index (χ0n) is 11.0. The average molecular weight is 358 g/mol. The van der Waals surface area contributed by atoms with Crippen molar-refractivity contribution >= 4 is 39.9 Å². The van der Waals surface area contributed by atoms with E-state index in [1.54, 1.807) is 0 Å². The monoisotopic (exact) mass is 358 g/mol. The minimum Gasteiger partial charge on any atom is -0.383 e. The Labute approximate surface area is 122 Å². The molecule has 1 aliphatic heterocycles. The van der Waals surface area contributed by atoms with E-state index in [0.717, 1.165) is 21.4 Å². The van der Waals surface area contributed by atoms with Crippen LogP contribution in [0.1, 0.15) is 27.2 Å². The fourth-order valence-electron chi connectivity index (χ4n) is 2.24. The lowest BCUT2D eigenvalue weighted by Crippen LogP contribution is -2.29. The predicted octanol–water partition coefficient (Wildman–Crippen LogP) is 3.71. The van der Waals surface area contributed by atoms with Gasteiger partial charge >= 0.3 is 0 Å². The van der Waals surface area contributed by atoms with E-state index in [4.69, 9.17) is 0 Å². The number of anilines is 2. The quantitative estimate of drug-likeness (QED) is 0.752. The third kappa shape index (κ3) is 3.37. The Morgan fingerprint density at radius 3 is 2.72 bits per heavy atom. The van der Waals surface area contributed by atoms with Gasteiger partial charge < -0.3 is 10.6 Å². The zero-order valence-corrected chi connectivity index (χ0v) is 13.2. The van der Waals surface area contributed by atoms with Gasteiger partial charge in [-0.2, -0.15) is 0 Å². The van der Waals surface area contributed by atoms with Crippen LogP contribution in [-0.4, -0.2) is 12.5 Å². The van der Waals surface area contributed by atoms with Crippen LogP contribution in [0.15, 0.2) is 18.2 Å². The van der Waals surface area contributed by atoms with E-state index in [1.807, 2.05) is 18.2 Å². The molecule has 0 spiro atoms. The summed E-state index contributed by atoms with van der Waals surface area (Å²) in [5.74, 6) is 0.147. The average Bonchev–Trinajstić information content (AvgIpc) is 2.37. The van der Waals surface area contributed by atoms with Gasteiger partial charge in [0.1, 0.15) is 0 Å². The predicted molar refractivity (Wildman–Crippen MR) is 83.8 cm³/mol. The number of benzene rings is 1. The molecule has 1 aliphatic rings. The van der Waals surface area contributed by atoms with Gasteiger partial charge in [0.25, 0.3) is 0 Å². The number of halogens is 1. The lowest BCUT2D eigenvalue weighted by atomic mass is 9.84. The number of fused-ring (bicyclic) bond motifs is 1. The van der Waals surface area contributed by atoms with E-state index in [1.165, 1.54) is 0 Å². The van der Waals surface area contributed by atoms with Crippen molar-refractivity contribution in [3.05, 3.63) is 21.8 Å². The molecule has 1 aromatic rings. The van der Waals surface area contributed by atoms with Crippen LogP contribution in [0, 0.1) is 14.9 Å². The Bertz CT molecular complexity index is 465. The standard InChI is InChI=1S/C14H19IN2O/c1-14(2,3)7-9-8-16-11-5-4-10(15)6-12(11)17-13(9)18/h4-6,9,16H,7-8H2,1-3H3,(H,17,18). The largest absolute Gasteiger partial charge is 0.383 e. The molecular weight excluding hydrogens is 339 g/mol. The molecule has 0 aliphatic carbocycles. The zero-order chi connectivity index (χ0) is 13.3. The second-order valence-corrected chi connectivity index (χ2v) is 7.27. The van der Waals surface area contributed by atoms with Crippen molar-refractivity contribution in [3.8, 4) is 0 Å². The summed E-state index contributed by atoms with van der Waals surface area (Å²) in [4.78, 5) is 12.2. The molecule has 0 fully saturated rings. The van der Waals surface area contributed by atoms with Gasteiger partial charge in [0, 0.05) is 10.1 Å². The van der Waals surface area contributed by atoms with Gasteiger partial charge in [-0.05, 0) is 52.6 Å². The van der Waals surface area contributed by atoms with E-state index in [-0.39, 0.29) is 17.2 Å². The molecule has 2 N–H and O–H groups in total. The number of nitrogens with one attached hydrogen (secondary N) is 2.